The van der Waals surface area contributed by atoms with E-state index in [0.29, 0.717) is 12.3 Å². The lowest BCUT2D eigenvalue weighted by Gasteiger charge is -2.21. The minimum atomic E-state index is -0.335. The van der Waals surface area contributed by atoms with Crippen LogP contribution in [0.2, 0.25) is 0 Å². The van der Waals surface area contributed by atoms with Gasteiger partial charge in [-0.15, -0.1) is 0 Å². The van der Waals surface area contributed by atoms with Gasteiger partial charge in [-0.1, -0.05) is 31.5 Å². The van der Waals surface area contributed by atoms with Crippen LogP contribution in [-0.4, -0.2) is 29.0 Å². The van der Waals surface area contributed by atoms with E-state index in [1.165, 1.54) is 0 Å². The third kappa shape index (κ3) is 4.37. The van der Waals surface area contributed by atoms with Crippen LogP contribution in [-0.2, 0) is 11.3 Å². The van der Waals surface area contributed by atoms with Gasteiger partial charge in [0.1, 0.15) is 5.75 Å². The number of phenolic OH excluding ortho intramolecular Hbond substituents is 1. The molecule has 0 bridgehead atoms. The molecule has 0 spiro atoms. The number of carbonyl (C=O) groups is 1. The van der Waals surface area contributed by atoms with E-state index in [2.05, 4.69) is 6.92 Å². The molecule has 0 aliphatic carbocycles. The topological polar surface area (TPSA) is 66.6 Å². The van der Waals surface area contributed by atoms with Gasteiger partial charge in [-0.25, -0.2) is 0 Å². The molecule has 4 heteroatoms. The summed E-state index contributed by atoms with van der Waals surface area (Å²) in [5, 5.41) is 9.96. The predicted octanol–water partition coefficient (Wildman–Crippen LogP) is 1.79. The molecule has 0 aromatic heterocycles. The van der Waals surface area contributed by atoms with E-state index in [1.807, 2.05) is 30.0 Å². The first-order valence-electron chi connectivity index (χ1n) is 6.32. The predicted molar refractivity (Wildman–Crippen MR) is 72.2 cm³/mol. The highest BCUT2D eigenvalue weighted by Crippen LogP contribution is 2.22. The Balaban J connectivity index is 2.75. The quantitative estimate of drug-likeness (QED) is 0.775. The van der Waals surface area contributed by atoms with Gasteiger partial charge in [0.15, 0.2) is 0 Å². The summed E-state index contributed by atoms with van der Waals surface area (Å²) in [7, 11) is 0. The van der Waals surface area contributed by atoms with E-state index >= 15 is 0 Å². The highest BCUT2D eigenvalue weighted by Gasteiger charge is 2.11. The van der Waals surface area contributed by atoms with Crippen LogP contribution in [0, 0.1) is 6.92 Å². The first kappa shape index (κ1) is 14.5. The fourth-order valence-corrected chi connectivity index (χ4v) is 1.90. The van der Waals surface area contributed by atoms with Gasteiger partial charge in [0, 0.05) is 12.1 Å². The number of hydrogen-bond acceptors (Lipinski definition) is 3. The number of benzene rings is 1. The summed E-state index contributed by atoms with van der Waals surface area (Å²) in [4.78, 5) is 13.0. The van der Waals surface area contributed by atoms with Gasteiger partial charge >= 0.3 is 0 Å². The fraction of sp³-hybridized carbons (Fsp3) is 0.500. The maximum atomic E-state index is 11.0. The number of nitrogens with zero attached hydrogens (tertiary/aromatic N) is 1. The second kappa shape index (κ2) is 7.01. The zero-order chi connectivity index (χ0) is 13.5. The molecular weight excluding hydrogens is 228 g/mol. The van der Waals surface area contributed by atoms with E-state index in [0.717, 1.165) is 30.5 Å². The molecule has 1 aromatic rings. The summed E-state index contributed by atoms with van der Waals surface area (Å²) in [6.07, 6.45) is 2.08. The third-order valence-electron chi connectivity index (χ3n) is 2.92. The molecule has 0 fully saturated rings. The largest absolute Gasteiger partial charge is 0.507 e. The molecule has 0 unspecified atom stereocenters. The van der Waals surface area contributed by atoms with Crippen LogP contribution in [0.15, 0.2) is 18.2 Å². The van der Waals surface area contributed by atoms with Gasteiger partial charge in [-0.2, -0.15) is 0 Å². The average Bonchev–Trinajstić information content (AvgIpc) is 2.31. The summed E-state index contributed by atoms with van der Waals surface area (Å²) < 4.78 is 0. The molecule has 0 saturated heterocycles. The molecule has 0 radical (unpaired) electrons. The van der Waals surface area contributed by atoms with E-state index in [4.69, 9.17) is 5.73 Å². The van der Waals surface area contributed by atoms with Crippen LogP contribution in [0.5, 0.6) is 5.75 Å². The van der Waals surface area contributed by atoms with Crippen LogP contribution in [0.25, 0.3) is 0 Å². The summed E-state index contributed by atoms with van der Waals surface area (Å²) >= 11 is 0. The number of primary amides is 1. The molecule has 1 rings (SSSR count). The molecule has 18 heavy (non-hydrogen) atoms. The highest BCUT2D eigenvalue weighted by atomic mass is 16.3. The van der Waals surface area contributed by atoms with Crippen LogP contribution in [0.1, 0.15) is 30.9 Å². The monoisotopic (exact) mass is 250 g/mol. The molecule has 0 heterocycles. The Morgan fingerprint density at radius 2 is 2.17 bits per heavy atom. The molecule has 100 valence electrons. The van der Waals surface area contributed by atoms with Crippen molar-refractivity contribution < 1.29 is 9.90 Å². The second-order valence-corrected chi connectivity index (χ2v) is 4.61. The number of rotatable bonds is 7. The number of nitrogens with two attached hydrogens (primary N) is 1. The minimum Gasteiger partial charge on any atom is -0.507 e. The Hall–Kier alpha value is -1.55. The highest BCUT2D eigenvalue weighted by molar-refractivity contribution is 5.75. The van der Waals surface area contributed by atoms with E-state index in [-0.39, 0.29) is 12.5 Å². The Morgan fingerprint density at radius 1 is 1.44 bits per heavy atom. The van der Waals surface area contributed by atoms with Crippen LogP contribution < -0.4 is 5.73 Å². The first-order valence-corrected chi connectivity index (χ1v) is 6.32. The number of hydrogen-bond donors (Lipinski definition) is 2. The molecule has 0 atom stereocenters. The first-order chi connectivity index (χ1) is 8.54. The lowest BCUT2D eigenvalue weighted by molar-refractivity contribution is -0.119. The number of aryl methyl sites for hydroxylation is 1. The zero-order valence-electron chi connectivity index (χ0n) is 11.1. The van der Waals surface area contributed by atoms with Crippen LogP contribution in [0.4, 0.5) is 0 Å². The van der Waals surface area contributed by atoms with Gasteiger partial charge in [-0.3, -0.25) is 9.69 Å². The molecule has 0 aliphatic heterocycles. The summed E-state index contributed by atoms with van der Waals surface area (Å²) in [5.41, 5.74) is 6.93. The molecule has 0 saturated carbocycles. The van der Waals surface area contributed by atoms with Gasteiger partial charge in [0.05, 0.1) is 6.54 Å². The molecule has 3 N–H and O–H groups in total. The Morgan fingerprint density at radius 3 is 2.78 bits per heavy atom. The normalized spacial score (nSPS) is 10.8. The fourth-order valence-electron chi connectivity index (χ4n) is 1.90. The lowest BCUT2D eigenvalue weighted by Crippen LogP contribution is -2.34. The second-order valence-electron chi connectivity index (χ2n) is 4.61. The maximum Gasteiger partial charge on any atom is 0.231 e. The number of amides is 1. The number of carbonyl (C=O) groups excluding carboxylic acids is 1. The zero-order valence-corrected chi connectivity index (χ0v) is 11.1. The standard InChI is InChI=1S/C14H22N2O2/c1-3-4-8-16(10-13(15)17)9-12-7-5-6-11(2)14(12)18/h5-7,18H,3-4,8-10H2,1-2H3,(H2,15,17). The Kier molecular flexibility index (Phi) is 5.65. The van der Waals surface area contributed by atoms with E-state index in [1.54, 1.807) is 0 Å². The average molecular weight is 250 g/mol. The summed E-state index contributed by atoms with van der Waals surface area (Å²) in [6, 6.07) is 5.65. The molecule has 4 nitrogen and oxygen atoms in total. The minimum absolute atomic E-state index is 0.230. The van der Waals surface area contributed by atoms with Crippen molar-refractivity contribution in [3.63, 3.8) is 0 Å². The van der Waals surface area contributed by atoms with Crippen molar-refractivity contribution in [3.8, 4) is 5.75 Å². The van der Waals surface area contributed by atoms with Gasteiger partial charge in [-0.05, 0) is 25.5 Å². The maximum absolute atomic E-state index is 11.0. The van der Waals surface area contributed by atoms with Crippen molar-refractivity contribution in [1.29, 1.82) is 0 Å². The van der Waals surface area contributed by atoms with Crippen molar-refractivity contribution in [1.82, 2.24) is 4.90 Å². The van der Waals surface area contributed by atoms with Crippen molar-refractivity contribution in [2.45, 2.75) is 33.2 Å². The van der Waals surface area contributed by atoms with E-state index in [9.17, 15) is 9.90 Å². The van der Waals surface area contributed by atoms with Crippen molar-refractivity contribution in [3.05, 3.63) is 29.3 Å². The van der Waals surface area contributed by atoms with Gasteiger partial charge in [0.2, 0.25) is 5.91 Å². The SMILES string of the molecule is CCCCN(CC(N)=O)Cc1cccc(C)c1O. The number of phenols is 1. The van der Waals surface area contributed by atoms with Crippen molar-refractivity contribution in [2.24, 2.45) is 5.73 Å². The Labute approximate surface area is 108 Å². The van der Waals surface area contributed by atoms with E-state index < -0.39 is 0 Å². The molecule has 1 aromatic carbocycles. The number of para-hydroxylation sites is 1. The third-order valence-corrected chi connectivity index (χ3v) is 2.92. The van der Waals surface area contributed by atoms with Crippen LogP contribution in [0.3, 0.4) is 0 Å². The number of aromatic hydroxyl groups is 1. The van der Waals surface area contributed by atoms with Gasteiger partial charge in [0.25, 0.3) is 0 Å². The summed E-state index contributed by atoms with van der Waals surface area (Å²) in [5.74, 6) is -0.0262. The molecular formula is C14H22N2O2. The number of unbranched alkanes of at least 4 members (excludes halogenated alkanes) is 1. The van der Waals surface area contributed by atoms with Gasteiger partial charge < -0.3 is 10.8 Å². The summed E-state index contributed by atoms with van der Waals surface area (Å²) in [6.45, 7) is 5.56. The van der Waals surface area contributed by atoms with Crippen LogP contribution >= 0.6 is 0 Å². The molecule has 1 amide bonds. The smallest absolute Gasteiger partial charge is 0.231 e. The molecule has 0 aliphatic rings. The lowest BCUT2D eigenvalue weighted by atomic mass is 10.1. The van der Waals surface area contributed by atoms with Crippen molar-refractivity contribution in [2.75, 3.05) is 13.1 Å². The Bertz CT molecular complexity index is 405. The van der Waals surface area contributed by atoms with Crippen molar-refractivity contribution >= 4 is 5.91 Å².